The molecule has 0 unspecified atom stereocenters. The minimum atomic E-state index is -0.473. The molecule has 1 aliphatic rings. The van der Waals surface area contributed by atoms with Gasteiger partial charge in [0.2, 0.25) is 5.91 Å². The average molecular weight is 431 g/mol. The Hall–Kier alpha value is -2.38. The van der Waals surface area contributed by atoms with E-state index in [2.05, 4.69) is 15.3 Å². The van der Waals surface area contributed by atoms with Crippen molar-refractivity contribution in [1.82, 2.24) is 19.9 Å². The SMILES string of the molecule is CNC(=O)[C@H]1C[C@@H]1c1ccc(-c2ncn(CCF)c2Sc2ccc(Cl)cn2)cc1. The van der Waals surface area contributed by atoms with Gasteiger partial charge in [0.05, 0.1) is 17.9 Å². The number of aromatic nitrogens is 3. The fourth-order valence-electron chi connectivity index (χ4n) is 3.37. The number of alkyl halides is 1. The van der Waals surface area contributed by atoms with Crippen LogP contribution in [0.15, 0.2) is 59.0 Å². The molecule has 0 saturated heterocycles. The standard InChI is InChI=1S/C21H20ClFN4OS/c1-24-20(28)17-10-16(17)13-2-4-14(5-3-13)19-21(27(9-8-23)12-26-19)29-18-7-6-15(22)11-25-18/h2-7,11-12,16-17H,8-10H2,1H3,(H,24,28)/t16-,17+/m1/s1. The van der Waals surface area contributed by atoms with Gasteiger partial charge in [-0.1, -0.05) is 35.9 Å². The van der Waals surface area contributed by atoms with E-state index < -0.39 is 6.67 Å². The van der Waals surface area contributed by atoms with Crippen molar-refractivity contribution in [3.63, 3.8) is 0 Å². The second-order valence-corrected chi connectivity index (χ2v) is 8.33. The summed E-state index contributed by atoms with van der Waals surface area (Å²) in [4.78, 5) is 20.6. The maximum absolute atomic E-state index is 13.0. The lowest BCUT2D eigenvalue weighted by Gasteiger charge is -2.09. The van der Waals surface area contributed by atoms with E-state index in [0.29, 0.717) is 5.02 Å². The Bertz CT molecular complexity index is 1010. The zero-order chi connectivity index (χ0) is 20.4. The summed E-state index contributed by atoms with van der Waals surface area (Å²) in [6.07, 6.45) is 4.13. The number of imidazole rings is 1. The third-order valence-electron chi connectivity index (χ3n) is 5.00. The van der Waals surface area contributed by atoms with Crippen LogP contribution in [-0.4, -0.2) is 34.2 Å². The Labute approximate surface area is 177 Å². The van der Waals surface area contributed by atoms with Gasteiger partial charge >= 0.3 is 0 Å². The summed E-state index contributed by atoms with van der Waals surface area (Å²) in [6.45, 7) is -0.240. The molecule has 1 N–H and O–H groups in total. The van der Waals surface area contributed by atoms with Crippen LogP contribution >= 0.6 is 23.4 Å². The fraction of sp³-hybridized carbons (Fsp3) is 0.286. The summed E-state index contributed by atoms with van der Waals surface area (Å²) < 4.78 is 14.8. The quantitative estimate of drug-likeness (QED) is 0.596. The Morgan fingerprint density at radius 3 is 2.72 bits per heavy atom. The number of benzene rings is 1. The number of nitrogens with zero attached hydrogens (tertiary/aromatic N) is 3. The second-order valence-electron chi connectivity index (χ2n) is 6.88. The largest absolute Gasteiger partial charge is 0.359 e. The van der Waals surface area contributed by atoms with Crippen molar-refractivity contribution < 1.29 is 9.18 Å². The molecular weight excluding hydrogens is 411 g/mol. The predicted molar refractivity (Wildman–Crippen MR) is 112 cm³/mol. The van der Waals surface area contributed by atoms with Gasteiger partial charge < -0.3 is 9.88 Å². The molecule has 3 aromatic rings. The maximum atomic E-state index is 13.0. The van der Waals surface area contributed by atoms with Crippen molar-refractivity contribution in [3.8, 4) is 11.3 Å². The van der Waals surface area contributed by atoms with E-state index >= 15 is 0 Å². The number of amides is 1. The van der Waals surface area contributed by atoms with E-state index in [1.807, 2.05) is 30.3 Å². The van der Waals surface area contributed by atoms with Crippen molar-refractivity contribution in [3.05, 3.63) is 59.5 Å². The van der Waals surface area contributed by atoms with Crippen molar-refractivity contribution in [1.29, 1.82) is 0 Å². The van der Waals surface area contributed by atoms with Crippen molar-refractivity contribution >= 4 is 29.3 Å². The molecule has 0 aliphatic heterocycles. The van der Waals surface area contributed by atoms with Crippen LogP contribution in [0, 0.1) is 5.92 Å². The normalized spacial score (nSPS) is 17.9. The van der Waals surface area contributed by atoms with Gasteiger partial charge in [0.25, 0.3) is 0 Å². The zero-order valence-electron chi connectivity index (χ0n) is 15.8. The van der Waals surface area contributed by atoms with Gasteiger partial charge in [-0.25, -0.2) is 14.4 Å². The minimum absolute atomic E-state index is 0.0664. The Balaban J connectivity index is 1.59. The summed E-state index contributed by atoms with van der Waals surface area (Å²) in [6, 6.07) is 11.7. The number of carbonyl (C=O) groups is 1. The highest BCUT2D eigenvalue weighted by Gasteiger charge is 2.43. The van der Waals surface area contributed by atoms with Gasteiger partial charge in [0.15, 0.2) is 0 Å². The minimum Gasteiger partial charge on any atom is -0.359 e. The number of pyridine rings is 1. The first-order valence-corrected chi connectivity index (χ1v) is 10.5. The first kappa shape index (κ1) is 19.9. The molecule has 1 fully saturated rings. The lowest BCUT2D eigenvalue weighted by atomic mass is 10.1. The summed E-state index contributed by atoms with van der Waals surface area (Å²) in [7, 11) is 1.67. The molecule has 0 bridgehead atoms. The van der Waals surface area contributed by atoms with Gasteiger partial charge in [-0.05, 0) is 41.8 Å². The molecule has 1 saturated carbocycles. The Morgan fingerprint density at radius 2 is 2.07 bits per heavy atom. The summed E-state index contributed by atoms with van der Waals surface area (Å²) in [5.41, 5.74) is 2.88. The van der Waals surface area contributed by atoms with Crippen LogP contribution in [-0.2, 0) is 11.3 Å². The van der Waals surface area contributed by atoms with Crippen LogP contribution in [0.1, 0.15) is 17.9 Å². The molecule has 1 amide bonds. The number of nitrogens with one attached hydrogen (secondary N) is 1. The van der Waals surface area contributed by atoms with Gasteiger partial charge in [0, 0.05) is 24.7 Å². The third kappa shape index (κ3) is 4.31. The molecule has 8 heteroatoms. The van der Waals surface area contributed by atoms with E-state index in [4.69, 9.17) is 11.6 Å². The van der Waals surface area contributed by atoms with Crippen LogP contribution in [0.25, 0.3) is 11.3 Å². The molecule has 29 heavy (non-hydrogen) atoms. The molecule has 4 rings (SSSR count). The average Bonchev–Trinajstić information content (AvgIpc) is 3.46. The smallest absolute Gasteiger partial charge is 0.223 e. The van der Waals surface area contributed by atoms with Crippen LogP contribution in [0.3, 0.4) is 0 Å². The van der Waals surface area contributed by atoms with E-state index in [0.717, 1.165) is 33.3 Å². The highest BCUT2D eigenvalue weighted by molar-refractivity contribution is 7.99. The van der Waals surface area contributed by atoms with E-state index in [1.165, 1.54) is 11.8 Å². The molecule has 2 aromatic heterocycles. The fourth-order valence-corrected chi connectivity index (χ4v) is 4.45. The molecule has 1 aliphatic carbocycles. The van der Waals surface area contributed by atoms with Gasteiger partial charge in [-0.2, -0.15) is 0 Å². The second kappa shape index (κ2) is 8.55. The Morgan fingerprint density at radius 1 is 1.28 bits per heavy atom. The number of hydrogen-bond donors (Lipinski definition) is 1. The number of hydrogen-bond acceptors (Lipinski definition) is 4. The molecule has 2 atom stereocenters. The lowest BCUT2D eigenvalue weighted by molar-refractivity contribution is -0.121. The van der Waals surface area contributed by atoms with E-state index in [-0.39, 0.29) is 24.3 Å². The molecule has 2 heterocycles. The predicted octanol–water partition coefficient (Wildman–Crippen LogP) is 4.57. The molecule has 0 radical (unpaired) electrons. The summed E-state index contributed by atoms with van der Waals surface area (Å²) in [5.74, 6) is 0.440. The molecule has 5 nitrogen and oxygen atoms in total. The number of carbonyl (C=O) groups excluding carboxylic acids is 1. The highest BCUT2D eigenvalue weighted by Crippen LogP contribution is 2.48. The Kier molecular flexibility index (Phi) is 5.87. The number of rotatable bonds is 7. The first-order valence-electron chi connectivity index (χ1n) is 9.33. The topological polar surface area (TPSA) is 59.8 Å². The maximum Gasteiger partial charge on any atom is 0.223 e. The first-order chi connectivity index (χ1) is 14.1. The van der Waals surface area contributed by atoms with Crippen LogP contribution in [0.4, 0.5) is 4.39 Å². The molecule has 150 valence electrons. The summed E-state index contributed by atoms with van der Waals surface area (Å²) >= 11 is 7.35. The molecular formula is C21H20ClFN4OS. The van der Waals surface area contributed by atoms with Crippen LogP contribution in [0.2, 0.25) is 5.02 Å². The van der Waals surface area contributed by atoms with Crippen molar-refractivity contribution in [2.24, 2.45) is 5.92 Å². The van der Waals surface area contributed by atoms with Crippen LogP contribution in [0.5, 0.6) is 0 Å². The monoisotopic (exact) mass is 430 g/mol. The van der Waals surface area contributed by atoms with E-state index in [1.54, 1.807) is 30.2 Å². The molecule has 0 spiro atoms. The number of halogens is 2. The van der Waals surface area contributed by atoms with Crippen molar-refractivity contribution in [2.45, 2.75) is 28.9 Å². The zero-order valence-corrected chi connectivity index (χ0v) is 17.4. The lowest BCUT2D eigenvalue weighted by Crippen LogP contribution is -2.20. The summed E-state index contributed by atoms with van der Waals surface area (Å²) in [5, 5.41) is 4.88. The van der Waals surface area contributed by atoms with E-state index in [9.17, 15) is 9.18 Å². The van der Waals surface area contributed by atoms with Gasteiger partial charge in [-0.3, -0.25) is 4.79 Å². The highest BCUT2D eigenvalue weighted by atomic mass is 35.5. The number of aryl methyl sites for hydroxylation is 1. The van der Waals surface area contributed by atoms with Crippen LogP contribution < -0.4 is 5.32 Å². The van der Waals surface area contributed by atoms with Crippen molar-refractivity contribution in [2.75, 3.05) is 13.7 Å². The third-order valence-corrected chi connectivity index (χ3v) is 6.30. The van der Waals surface area contributed by atoms with Gasteiger partial charge in [0.1, 0.15) is 22.4 Å². The molecule has 1 aromatic carbocycles. The van der Waals surface area contributed by atoms with Gasteiger partial charge in [-0.15, -0.1) is 0 Å².